The zero-order valence-corrected chi connectivity index (χ0v) is 12.8. The van der Waals surface area contributed by atoms with Crippen LogP contribution >= 0.6 is 0 Å². The normalized spacial score (nSPS) is 26.2. The molecule has 1 aliphatic carbocycles. The van der Waals surface area contributed by atoms with Crippen LogP contribution in [0.2, 0.25) is 0 Å². The summed E-state index contributed by atoms with van der Waals surface area (Å²) in [5.74, 6) is 0.716. The van der Waals surface area contributed by atoms with Crippen molar-refractivity contribution in [2.24, 2.45) is 17.6 Å². The highest BCUT2D eigenvalue weighted by molar-refractivity contribution is 5.73. The van der Waals surface area contributed by atoms with Crippen molar-refractivity contribution in [3.05, 3.63) is 0 Å². The molecule has 0 bridgehead atoms. The molecule has 1 heterocycles. The molecule has 2 amide bonds. The molecule has 0 aromatic rings. The Kier molecular flexibility index (Phi) is 5.85. The van der Waals surface area contributed by atoms with E-state index >= 15 is 0 Å². The Labute approximate surface area is 126 Å². The van der Waals surface area contributed by atoms with Crippen molar-refractivity contribution in [3.8, 4) is 0 Å². The molecule has 0 radical (unpaired) electrons. The van der Waals surface area contributed by atoms with E-state index in [4.69, 9.17) is 10.5 Å². The summed E-state index contributed by atoms with van der Waals surface area (Å²) in [5, 5.41) is 3.54. The van der Waals surface area contributed by atoms with Gasteiger partial charge in [0.05, 0.1) is 13.0 Å². The van der Waals surface area contributed by atoms with Gasteiger partial charge in [0.2, 0.25) is 0 Å². The average Bonchev–Trinajstić information content (AvgIpc) is 2.36. The van der Waals surface area contributed by atoms with Gasteiger partial charge in [0, 0.05) is 19.1 Å². The van der Waals surface area contributed by atoms with Crippen LogP contribution in [0.4, 0.5) is 4.79 Å². The third-order valence-electron chi connectivity index (χ3n) is 4.53. The van der Waals surface area contributed by atoms with E-state index in [1.807, 2.05) is 0 Å². The van der Waals surface area contributed by atoms with Gasteiger partial charge >= 0.3 is 12.0 Å². The largest absolute Gasteiger partial charge is 0.466 e. The Morgan fingerprint density at radius 2 is 2.05 bits per heavy atom. The van der Waals surface area contributed by atoms with Crippen molar-refractivity contribution in [1.82, 2.24) is 10.2 Å². The summed E-state index contributed by atoms with van der Waals surface area (Å²) in [7, 11) is 0. The zero-order valence-electron chi connectivity index (χ0n) is 12.8. The summed E-state index contributed by atoms with van der Waals surface area (Å²) in [6, 6.07) is -0.176. The summed E-state index contributed by atoms with van der Waals surface area (Å²) >= 11 is 0. The van der Waals surface area contributed by atoms with E-state index in [-0.39, 0.29) is 17.9 Å². The number of piperidine rings is 1. The predicted molar refractivity (Wildman–Crippen MR) is 79.6 cm³/mol. The van der Waals surface area contributed by atoms with Gasteiger partial charge in [-0.3, -0.25) is 4.79 Å². The fourth-order valence-corrected chi connectivity index (χ4v) is 3.17. The number of carbonyl (C=O) groups is 2. The Balaban J connectivity index is 1.84. The van der Waals surface area contributed by atoms with E-state index in [0.29, 0.717) is 26.1 Å². The minimum absolute atomic E-state index is 0.129. The molecular weight excluding hydrogens is 270 g/mol. The summed E-state index contributed by atoms with van der Waals surface area (Å²) in [6.45, 7) is 4.40. The lowest BCUT2D eigenvalue weighted by Crippen LogP contribution is -2.54. The number of urea groups is 1. The molecule has 2 fully saturated rings. The van der Waals surface area contributed by atoms with Gasteiger partial charge in [0.1, 0.15) is 0 Å². The van der Waals surface area contributed by atoms with E-state index in [9.17, 15) is 9.59 Å². The molecule has 120 valence electrons. The molecule has 3 N–H and O–H groups in total. The van der Waals surface area contributed by atoms with Gasteiger partial charge in [-0.1, -0.05) is 6.42 Å². The molecule has 0 aromatic carbocycles. The van der Waals surface area contributed by atoms with E-state index in [1.165, 1.54) is 19.3 Å². The number of primary amides is 1. The van der Waals surface area contributed by atoms with E-state index in [1.54, 1.807) is 11.8 Å². The Bertz CT molecular complexity index is 371. The molecule has 21 heavy (non-hydrogen) atoms. The Morgan fingerprint density at radius 3 is 2.62 bits per heavy atom. The first-order valence-corrected chi connectivity index (χ1v) is 8.01. The maximum absolute atomic E-state index is 11.6. The number of carbonyl (C=O) groups excluding carboxylic acids is 2. The number of nitrogens with zero attached hydrogens (tertiary/aromatic N) is 1. The van der Waals surface area contributed by atoms with Gasteiger partial charge in [-0.15, -0.1) is 0 Å². The lowest BCUT2D eigenvalue weighted by molar-refractivity contribution is -0.144. The third kappa shape index (κ3) is 4.88. The second kappa shape index (κ2) is 7.64. The van der Waals surface area contributed by atoms with Gasteiger partial charge in [-0.2, -0.15) is 0 Å². The fourth-order valence-electron chi connectivity index (χ4n) is 3.17. The predicted octanol–water partition coefficient (Wildman–Crippen LogP) is 1.10. The maximum Gasteiger partial charge on any atom is 0.314 e. The first kappa shape index (κ1) is 16.1. The van der Waals surface area contributed by atoms with Crippen LogP contribution in [0.3, 0.4) is 0 Å². The van der Waals surface area contributed by atoms with Crippen LogP contribution in [-0.2, 0) is 9.53 Å². The van der Waals surface area contributed by atoms with Gasteiger partial charge in [-0.25, -0.2) is 4.79 Å². The monoisotopic (exact) mass is 297 g/mol. The van der Waals surface area contributed by atoms with Gasteiger partial charge in [0.15, 0.2) is 0 Å². The summed E-state index contributed by atoms with van der Waals surface area (Å²) in [6.07, 6.45) is 5.18. The SMILES string of the molecule is CCOC(=O)CC1CC(NCC2CCC2)CN(C(N)=O)C1. The summed E-state index contributed by atoms with van der Waals surface area (Å²) in [4.78, 5) is 24.8. The maximum atomic E-state index is 11.6. The van der Waals surface area contributed by atoms with Crippen LogP contribution in [0.1, 0.15) is 39.0 Å². The fraction of sp³-hybridized carbons (Fsp3) is 0.867. The van der Waals surface area contributed by atoms with Gasteiger partial charge < -0.3 is 20.7 Å². The quantitative estimate of drug-likeness (QED) is 0.719. The van der Waals surface area contributed by atoms with Crippen molar-refractivity contribution in [1.29, 1.82) is 0 Å². The van der Waals surface area contributed by atoms with E-state index in [2.05, 4.69) is 5.32 Å². The number of nitrogens with two attached hydrogens (primary N) is 1. The molecule has 2 unspecified atom stereocenters. The minimum Gasteiger partial charge on any atom is -0.466 e. The lowest BCUT2D eigenvalue weighted by Gasteiger charge is -2.38. The van der Waals surface area contributed by atoms with Crippen LogP contribution in [0.5, 0.6) is 0 Å². The molecule has 2 atom stereocenters. The molecule has 2 rings (SSSR count). The highest BCUT2D eigenvalue weighted by Gasteiger charge is 2.31. The average molecular weight is 297 g/mol. The van der Waals surface area contributed by atoms with Crippen molar-refractivity contribution in [2.75, 3.05) is 26.2 Å². The zero-order chi connectivity index (χ0) is 15.2. The standard InChI is InChI=1S/C15H27N3O3/c1-2-21-14(19)7-12-6-13(10-18(9-12)15(16)20)17-8-11-4-3-5-11/h11-13,17H,2-10H2,1H3,(H2,16,20). The van der Waals surface area contributed by atoms with Crippen molar-refractivity contribution >= 4 is 12.0 Å². The minimum atomic E-state index is -0.404. The first-order valence-electron chi connectivity index (χ1n) is 8.01. The molecular formula is C15H27N3O3. The topological polar surface area (TPSA) is 84.7 Å². The number of esters is 1. The second-order valence-corrected chi connectivity index (χ2v) is 6.26. The number of likely N-dealkylation sites (tertiary alicyclic amines) is 1. The van der Waals surface area contributed by atoms with Crippen LogP contribution < -0.4 is 11.1 Å². The van der Waals surface area contributed by atoms with Gasteiger partial charge in [-0.05, 0) is 44.6 Å². The van der Waals surface area contributed by atoms with Crippen molar-refractivity contribution in [3.63, 3.8) is 0 Å². The van der Waals surface area contributed by atoms with E-state index in [0.717, 1.165) is 18.9 Å². The summed E-state index contributed by atoms with van der Waals surface area (Å²) < 4.78 is 5.01. The number of nitrogens with one attached hydrogen (secondary N) is 1. The molecule has 1 saturated heterocycles. The van der Waals surface area contributed by atoms with Crippen LogP contribution in [0.25, 0.3) is 0 Å². The number of rotatable bonds is 6. The molecule has 6 nitrogen and oxygen atoms in total. The molecule has 0 spiro atoms. The third-order valence-corrected chi connectivity index (χ3v) is 4.53. The second-order valence-electron chi connectivity index (χ2n) is 6.26. The number of amides is 2. The first-order chi connectivity index (χ1) is 10.1. The highest BCUT2D eigenvalue weighted by atomic mass is 16.5. The Hall–Kier alpha value is -1.30. The molecule has 1 aliphatic heterocycles. The molecule has 2 aliphatic rings. The van der Waals surface area contributed by atoms with Crippen LogP contribution in [0.15, 0.2) is 0 Å². The molecule has 0 aromatic heterocycles. The van der Waals surface area contributed by atoms with Crippen LogP contribution in [-0.4, -0.2) is 49.2 Å². The van der Waals surface area contributed by atoms with Crippen LogP contribution in [0, 0.1) is 11.8 Å². The molecule has 6 heteroatoms. The van der Waals surface area contributed by atoms with Crippen molar-refractivity contribution in [2.45, 2.75) is 45.1 Å². The summed E-state index contributed by atoms with van der Waals surface area (Å²) in [5.41, 5.74) is 5.42. The molecule has 1 saturated carbocycles. The van der Waals surface area contributed by atoms with Crippen molar-refractivity contribution < 1.29 is 14.3 Å². The van der Waals surface area contributed by atoms with E-state index < -0.39 is 6.03 Å². The highest BCUT2D eigenvalue weighted by Crippen LogP contribution is 2.26. The number of hydrogen-bond donors (Lipinski definition) is 2. The smallest absolute Gasteiger partial charge is 0.314 e. The number of hydrogen-bond acceptors (Lipinski definition) is 4. The number of ether oxygens (including phenoxy) is 1. The Morgan fingerprint density at radius 1 is 1.29 bits per heavy atom. The lowest BCUT2D eigenvalue weighted by atomic mass is 9.84. The van der Waals surface area contributed by atoms with Gasteiger partial charge in [0.25, 0.3) is 0 Å².